The number of carbonyl (C=O) groups is 1. The Labute approximate surface area is 136 Å². The molecule has 0 aliphatic carbocycles. The van der Waals surface area contributed by atoms with Gasteiger partial charge in [0.15, 0.2) is 0 Å². The quantitative estimate of drug-likeness (QED) is 0.920. The van der Waals surface area contributed by atoms with Gasteiger partial charge in [-0.15, -0.1) is 11.3 Å². The number of nitrogens with zero attached hydrogens (tertiary/aromatic N) is 2. The second kappa shape index (κ2) is 6.57. The first-order chi connectivity index (χ1) is 10.7. The minimum absolute atomic E-state index is 0.0585. The molecule has 0 radical (unpaired) electrons. The van der Waals surface area contributed by atoms with E-state index in [9.17, 15) is 18.0 Å². The highest BCUT2D eigenvalue weighted by molar-refractivity contribution is 7.09. The molecule has 0 fully saturated rings. The average Bonchev–Trinajstić information content (AvgIpc) is 2.82. The number of hydrogen-bond donors (Lipinski definition) is 1. The first kappa shape index (κ1) is 17.3. The summed E-state index contributed by atoms with van der Waals surface area (Å²) in [4.78, 5) is 17.7. The van der Waals surface area contributed by atoms with E-state index in [0.717, 1.165) is 11.1 Å². The van der Waals surface area contributed by atoms with Crippen LogP contribution in [0.3, 0.4) is 0 Å². The molecule has 0 bridgehead atoms. The number of anilines is 2. The molecule has 1 aromatic carbocycles. The number of benzene rings is 1. The van der Waals surface area contributed by atoms with E-state index in [0.29, 0.717) is 11.4 Å². The number of alkyl halides is 3. The normalized spacial score (nSPS) is 11.4. The lowest BCUT2D eigenvalue weighted by Gasteiger charge is -2.18. The number of hydrogen-bond acceptors (Lipinski definition) is 4. The van der Waals surface area contributed by atoms with Crippen molar-refractivity contribution in [2.24, 2.45) is 0 Å². The molecular weight excluding hydrogens is 327 g/mol. The Morgan fingerprint density at radius 1 is 1.35 bits per heavy atom. The van der Waals surface area contributed by atoms with Crippen molar-refractivity contribution in [3.8, 4) is 0 Å². The van der Waals surface area contributed by atoms with Gasteiger partial charge in [-0.05, 0) is 25.1 Å². The molecule has 23 heavy (non-hydrogen) atoms. The Morgan fingerprint density at radius 3 is 2.57 bits per heavy atom. The van der Waals surface area contributed by atoms with Crippen molar-refractivity contribution in [1.29, 1.82) is 0 Å². The third-order valence-corrected chi connectivity index (χ3v) is 3.93. The van der Waals surface area contributed by atoms with Gasteiger partial charge in [-0.1, -0.05) is 0 Å². The molecule has 1 heterocycles. The van der Waals surface area contributed by atoms with Gasteiger partial charge < -0.3 is 10.2 Å². The molecule has 1 aromatic heterocycles. The number of aryl methyl sites for hydroxylation is 1. The summed E-state index contributed by atoms with van der Waals surface area (Å²) in [7, 11) is 3.30. The van der Waals surface area contributed by atoms with Crippen molar-refractivity contribution in [2.75, 3.05) is 24.3 Å². The van der Waals surface area contributed by atoms with Gasteiger partial charge in [0, 0.05) is 25.2 Å². The second-order valence-electron chi connectivity index (χ2n) is 5.20. The summed E-state index contributed by atoms with van der Waals surface area (Å²) in [5.41, 5.74) is -0.166. The molecule has 0 aliphatic rings. The van der Waals surface area contributed by atoms with Crippen molar-refractivity contribution >= 4 is 28.6 Å². The fraction of sp³-hybridized carbons (Fsp3) is 0.333. The van der Waals surface area contributed by atoms with Crippen LogP contribution in [0.25, 0.3) is 0 Å². The van der Waals surface area contributed by atoms with E-state index in [1.165, 1.54) is 23.5 Å². The lowest BCUT2D eigenvalue weighted by atomic mass is 10.1. The van der Waals surface area contributed by atoms with E-state index in [1.807, 2.05) is 0 Å². The van der Waals surface area contributed by atoms with Crippen molar-refractivity contribution < 1.29 is 18.0 Å². The van der Waals surface area contributed by atoms with Gasteiger partial charge in [0.1, 0.15) is 0 Å². The maximum absolute atomic E-state index is 13.2. The number of aromatic nitrogens is 1. The van der Waals surface area contributed by atoms with Crippen molar-refractivity contribution in [1.82, 2.24) is 4.98 Å². The highest BCUT2D eigenvalue weighted by Gasteiger charge is 2.34. The Kier molecular flexibility index (Phi) is 4.93. The molecule has 1 N–H and O–H groups in total. The van der Waals surface area contributed by atoms with Crippen LogP contribution in [0.1, 0.15) is 16.3 Å². The summed E-state index contributed by atoms with van der Waals surface area (Å²) in [6.07, 6.45) is -4.61. The molecule has 0 aliphatic heterocycles. The average molecular weight is 343 g/mol. The van der Waals surface area contributed by atoms with Crippen LogP contribution >= 0.6 is 11.3 Å². The Hall–Kier alpha value is -2.09. The Morgan fingerprint density at radius 2 is 2.04 bits per heavy atom. The molecule has 0 saturated heterocycles. The monoisotopic (exact) mass is 343 g/mol. The maximum Gasteiger partial charge on any atom is 0.418 e. The number of nitrogens with one attached hydrogen (secondary N) is 1. The lowest BCUT2D eigenvalue weighted by molar-refractivity contribution is -0.136. The standard InChI is InChI=1S/C15H16F3N3OS/c1-9-19-10(8-23-9)6-14(22)20-13-5-4-11(21(2)3)7-12(13)15(16,17)18/h4-5,7-8H,6H2,1-3H3,(H,20,22). The van der Waals surface area contributed by atoms with Crippen LogP contribution in [0.4, 0.5) is 24.5 Å². The molecule has 0 unspecified atom stereocenters. The van der Waals surface area contributed by atoms with E-state index < -0.39 is 17.6 Å². The molecule has 0 atom stereocenters. The van der Waals surface area contributed by atoms with Crippen LogP contribution in [0.5, 0.6) is 0 Å². The summed E-state index contributed by atoms with van der Waals surface area (Å²) in [5.74, 6) is -0.529. The molecule has 4 nitrogen and oxygen atoms in total. The predicted octanol–water partition coefficient (Wildman–Crippen LogP) is 3.72. The van der Waals surface area contributed by atoms with Gasteiger partial charge in [0.25, 0.3) is 0 Å². The zero-order chi connectivity index (χ0) is 17.2. The van der Waals surface area contributed by atoms with Crippen LogP contribution in [0, 0.1) is 6.92 Å². The van der Waals surface area contributed by atoms with Gasteiger partial charge in [0.2, 0.25) is 5.91 Å². The lowest BCUT2D eigenvalue weighted by Crippen LogP contribution is -2.19. The number of carbonyl (C=O) groups excluding carboxylic acids is 1. The van der Waals surface area contributed by atoms with Gasteiger partial charge in [-0.2, -0.15) is 13.2 Å². The smallest absolute Gasteiger partial charge is 0.378 e. The zero-order valence-corrected chi connectivity index (χ0v) is 13.7. The van der Waals surface area contributed by atoms with E-state index in [4.69, 9.17) is 0 Å². The van der Waals surface area contributed by atoms with Crippen LogP contribution in [0.2, 0.25) is 0 Å². The SMILES string of the molecule is Cc1nc(CC(=O)Nc2ccc(N(C)C)cc2C(F)(F)F)cs1. The van der Waals surface area contributed by atoms with Crippen molar-refractivity contribution in [3.63, 3.8) is 0 Å². The van der Waals surface area contributed by atoms with E-state index in [1.54, 1.807) is 31.3 Å². The molecule has 1 amide bonds. The highest BCUT2D eigenvalue weighted by atomic mass is 32.1. The summed E-state index contributed by atoms with van der Waals surface area (Å²) in [6.45, 7) is 1.80. The highest BCUT2D eigenvalue weighted by Crippen LogP contribution is 2.37. The van der Waals surface area contributed by atoms with Crippen molar-refractivity contribution in [2.45, 2.75) is 19.5 Å². The first-order valence-electron chi connectivity index (χ1n) is 6.76. The van der Waals surface area contributed by atoms with Gasteiger partial charge in [0.05, 0.1) is 28.4 Å². The molecular formula is C15H16F3N3OS. The van der Waals surface area contributed by atoms with Crippen LogP contribution in [-0.2, 0) is 17.4 Å². The van der Waals surface area contributed by atoms with E-state index >= 15 is 0 Å². The molecule has 2 aromatic rings. The fourth-order valence-corrected chi connectivity index (χ4v) is 2.61. The van der Waals surface area contributed by atoms with E-state index in [2.05, 4.69) is 10.3 Å². The number of halogens is 3. The first-order valence-corrected chi connectivity index (χ1v) is 7.64. The molecule has 0 spiro atoms. The summed E-state index contributed by atoms with van der Waals surface area (Å²) < 4.78 is 39.6. The minimum atomic E-state index is -4.55. The number of rotatable bonds is 4. The summed E-state index contributed by atoms with van der Waals surface area (Å²) in [6, 6.07) is 3.81. The Bertz CT molecular complexity index is 710. The van der Waals surface area contributed by atoms with Crippen molar-refractivity contribution in [3.05, 3.63) is 39.8 Å². The second-order valence-corrected chi connectivity index (χ2v) is 6.27. The molecule has 0 saturated carbocycles. The fourth-order valence-electron chi connectivity index (χ4n) is 2.00. The van der Waals surface area contributed by atoms with Crippen LogP contribution in [-0.4, -0.2) is 25.0 Å². The van der Waals surface area contributed by atoms with Gasteiger partial charge in [-0.25, -0.2) is 4.98 Å². The van der Waals surface area contributed by atoms with Crippen LogP contribution < -0.4 is 10.2 Å². The molecule has 8 heteroatoms. The van der Waals surface area contributed by atoms with E-state index in [-0.39, 0.29) is 12.1 Å². The summed E-state index contributed by atoms with van der Waals surface area (Å²) >= 11 is 1.39. The van der Waals surface area contributed by atoms with Gasteiger partial charge >= 0.3 is 6.18 Å². The Balaban J connectivity index is 2.23. The maximum atomic E-state index is 13.2. The topological polar surface area (TPSA) is 45.2 Å². The minimum Gasteiger partial charge on any atom is -0.378 e. The predicted molar refractivity (Wildman–Crippen MR) is 85.0 cm³/mol. The number of thiazole rings is 1. The van der Waals surface area contributed by atoms with Crippen LogP contribution in [0.15, 0.2) is 23.6 Å². The molecule has 2 rings (SSSR count). The zero-order valence-electron chi connectivity index (χ0n) is 12.9. The summed E-state index contributed by atoms with van der Waals surface area (Å²) in [5, 5.41) is 4.85. The third-order valence-electron chi connectivity index (χ3n) is 3.11. The largest absolute Gasteiger partial charge is 0.418 e. The third kappa shape index (κ3) is 4.44. The molecule has 124 valence electrons. The number of amides is 1. The van der Waals surface area contributed by atoms with Gasteiger partial charge in [-0.3, -0.25) is 4.79 Å².